The molecular formula is C16H24FNO. The lowest BCUT2D eigenvalue weighted by atomic mass is 9.74. The molecule has 0 saturated heterocycles. The van der Waals surface area contributed by atoms with E-state index in [-0.39, 0.29) is 23.9 Å². The lowest BCUT2D eigenvalue weighted by Crippen LogP contribution is -2.39. The van der Waals surface area contributed by atoms with E-state index in [1.54, 1.807) is 0 Å². The summed E-state index contributed by atoms with van der Waals surface area (Å²) in [5.41, 5.74) is 1.14. The van der Waals surface area contributed by atoms with Crippen LogP contribution in [0.25, 0.3) is 0 Å². The molecule has 1 saturated carbocycles. The maximum Gasteiger partial charge on any atom is 0.123 e. The largest absolute Gasteiger partial charge is 0.396 e. The Morgan fingerprint density at radius 1 is 1.21 bits per heavy atom. The molecule has 0 amide bonds. The fourth-order valence-corrected chi connectivity index (χ4v) is 2.93. The molecule has 1 aromatic rings. The zero-order chi connectivity index (χ0) is 13.7. The SMILES string of the molecule is CC(NCC1(CO)CCCCC1)c1ccc(F)cc1. The van der Waals surface area contributed by atoms with Gasteiger partial charge in [0.1, 0.15) is 5.82 Å². The number of aliphatic hydroxyl groups is 1. The molecule has 1 aliphatic rings. The van der Waals surface area contributed by atoms with Gasteiger partial charge in [0.15, 0.2) is 0 Å². The van der Waals surface area contributed by atoms with Crippen molar-refractivity contribution in [2.75, 3.05) is 13.2 Å². The molecule has 0 radical (unpaired) electrons. The van der Waals surface area contributed by atoms with Crippen LogP contribution in [-0.2, 0) is 0 Å². The van der Waals surface area contributed by atoms with Gasteiger partial charge in [-0.1, -0.05) is 31.4 Å². The number of hydrogen-bond acceptors (Lipinski definition) is 2. The van der Waals surface area contributed by atoms with Crippen LogP contribution in [0.5, 0.6) is 0 Å². The van der Waals surface area contributed by atoms with E-state index >= 15 is 0 Å². The molecule has 2 N–H and O–H groups in total. The molecule has 1 aromatic carbocycles. The van der Waals surface area contributed by atoms with Crippen molar-refractivity contribution < 1.29 is 9.50 Å². The molecule has 1 aliphatic carbocycles. The van der Waals surface area contributed by atoms with E-state index in [0.717, 1.165) is 24.9 Å². The second kappa shape index (κ2) is 6.49. The Labute approximate surface area is 115 Å². The molecule has 0 aliphatic heterocycles. The monoisotopic (exact) mass is 265 g/mol. The van der Waals surface area contributed by atoms with Crippen LogP contribution in [-0.4, -0.2) is 18.3 Å². The van der Waals surface area contributed by atoms with Crippen molar-refractivity contribution >= 4 is 0 Å². The molecule has 3 heteroatoms. The van der Waals surface area contributed by atoms with Crippen molar-refractivity contribution in [3.8, 4) is 0 Å². The van der Waals surface area contributed by atoms with E-state index in [0.29, 0.717) is 0 Å². The third-order valence-electron chi connectivity index (χ3n) is 4.40. The zero-order valence-electron chi connectivity index (χ0n) is 11.7. The standard InChI is InChI=1S/C16H24FNO/c1-13(14-5-7-15(17)8-6-14)18-11-16(12-19)9-3-2-4-10-16/h5-8,13,18-19H,2-4,9-12H2,1H3. The van der Waals surface area contributed by atoms with Crippen LogP contribution in [0.3, 0.4) is 0 Å². The summed E-state index contributed by atoms with van der Waals surface area (Å²) in [4.78, 5) is 0. The van der Waals surface area contributed by atoms with Crippen LogP contribution in [0, 0.1) is 11.2 Å². The molecule has 0 heterocycles. The van der Waals surface area contributed by atoms with Crippen LogP contribution in [0.15, 0.2) is 24.3 Å². The second-order valence-corrected chi connectivity index (χ2v) is 5.87. The summed E-state index contributed by atoms with van der Waals surface area (Å²) in [6.45, 7) is 3.18. The fraction of sp³-hybridized carbons (Fsp3) is 0.625. The van der Waals surface area contributed by atoms with Crippen molar-refractivity contribution in [3.63, 3.8) is 0 Å². The van der Waals surface area contributed by atoms with Crippen molar-refractivity contribution in [1.82, 2.24) is 5.32 Å². The minimum atomic E-state index is -0.199. The Kier molecular flexibility index (Phi) is 4.94. The van der Waals surface area contributed by atoms with Gasteiger partial charge in [-0.05, 0) is 37.5 Å². The van der Waals surface area contributed by atoms with Crippen molar-refractivity contribution in [3.05, 3.63) is 35.6 Å². The van der Waals surface area contributed by atoms with Crippen molar-refractivity contribution in [2.24, 2.45) is 5.41 Å². The maximum absolute atomic E-state index is 12.9. The van der Waals surface area contributed by atoms with Crippen molar-refractivity contribution in [2.45, 2.75) is 45.1 Å². The summed E-state index contributed by atoms with van der Waals surface area (Å²) < 4.78 is 12.9. The molecule has 2 rings (SSSR count). The van der Waals surface area contributed by atoms with Gasteiger partial charge in [-0.15, -0.1) is 0 Å². The Hall–Kier alpha value is -0.930. The summed E-state index contributed by atoms with van der Waals surface area (Å²) in [6.07, 6.45) is 5.93. The normalized spacial score (nSPS) is 20.2. The topological polar surface area (TPSA) is 32.3 Å². The number of aliphatic hydroxyl groups excluding tert-OH is 1. The van der Waals surface area contributed by atoms with Crippen molar-refractivity contribution in [1.29, 1.82) is 0 Å². The van der Waals surface area contributed by atoms with Crippen LogP contribution >= 0.6 is 0 Å². The minimum absolute atomic E-state index is 0.0482. The second-order valence-electron chi connectivity index (χ2n) is 5.87. The number of rotatable bonds is 5. The zero-order valence-corrected chi connectivity index (χ0v) is 11.7. The molecule has 106 valence electrons. The molecule has 1 fully saturated rings. The number of halogens is 1. The van der Waals surface area contributed by atoms with Gasteiger partial charge in [0, 0.05) is 24.6 Å². The van der Waals surface area contributed by atoms with Crippen LogP contribution in [0.4, 0.5) is 4.39 Å². The highest BCUT2D eigenvalue weighted by atomic mass is 19.1. The van der Waals surface area contributed by atoms with E-state index < -0.39 is 0 Å². The Morgan fingerprint density at radius 3 is 2.42 bits per heavy atom. The minimum Gasteiger partial charge on any atom is -0.396 e. The molecule has 1 unspecified atom stereocenters. The Balaban J connectivity index is 1.91. The lowest BCUT2D eigenvalue weighted by molar-refractivity contribution is 0.0789. The first kappa shape index (κ1) is 14.5. The molecule has 0 spiro atoms. The quantitative estimate of drug-likeness (QED) is 0.855. The van der Waals surface area contributed by atoms with E-state index in [2.05, 4.69) is 12.2 Å². The highest BCUT2D eigenvalue weighted by Gasteiger charge is 2.31. The number of benzene rings is 1. The summed E-state index contributed by atoms with van der Waals surface area (Å²) in [6, 6.07) is 6.82. The molecule has 19 heavy (non-hydrogen) atoms. The first-order chi connectivity index (χ1) is 9.15. The third kappa shape index (κ3) is 3.77. The van der Waals surface area contributed by atoms with Crippen LogP contribution in [0.1, 0.15) is 50.6 Å². The van der Waals surface area contributed by atoms with Gasteiger partial charge in [0.05, 0.1) is 0 Å². The van der Waals surface area contributed by atoms with E-state index in [1.165, 1.54) is 31.4 Å². The Morgan fingerprint density at radius 2 is 1.84 bits per heavy atom. The van der Waals surface area contributed by atoms with Gasteiger partial charge >= 0.3 is 0 Å². The fourth-order valence-electron chi connectivity index (χ4n) is 2.93. The Bertz CT molecular complexity index is 384. The highest BCUT2D eigenvalue weighted by Crippen LogP contribution is 2.35. The molecule has 2 nitrogen and oxygen atoms in total. The van der Waals surface area contributed by atoms with E-state index in [1.807, 2.05) is 12.1 Å². The van der Waals surface area contributed by atoms with Gasteiger partial charge in [-0.3, -0.25) is 0 Å². The molecule has 0 bridgehead atoms. The lowest BCUT2D eigenvalue weighted by Gasteiger charge is -2.36. The van der Waals surface area contributed by atoms with Gasteiger partial charge in [-0.2, -0.15) is 0 Å². The average Bonchev–Trinajstić information content (AvgIpc) is 2.46. The van der Waals surface area contributed by atoms with Gasteiger partial charge < -0.3 is 10.4 Å². The summed E-state index contributed by atoms with van der Waals surface area (Å²) in [7, 11) is 0. The number of hydrogen-bond donors (Lipinski definition) is 2. The highest BCUT2D eigenvalue weighted by molar-refractivity contribution is 5.19. The van der Waals surface area contributed by atoms with Crippen LogP contribution in [0.2, 0.25) is 0 Å². The average molecular weight is 265 g/mol. The summed E-state index contributed by atoms with van der Waals surface area (Å²) in [5.74, 6) is -0.199. The van der Waals surface area contributed by atoms with E-state index in [9.17, 15) is 9.50 Å². The first-order valence-corrected chi connectivity index (χ1v) is 7.25. The van der Waals surface area contributed by atoms with Gasteiger partial charge in [0.2, 0.25) is 0 Å². The molecule has 1 atom stereocenters. The predicted octanol–water partition coefficient (Wildman–Crippen LogP) is 3.42. The molecule has 0 aromatic heterocycles. The third-order valence-corrected chi connectivity index (χ3v) is 4.40. The van der Waals surface area contributed by atoms with Crippen LogP contribution < -0.4 is 5.32 Å². The summed E-state index contributed by atoms with van der Waals surface area (Å²) in [5, 5.41) is 13.2. The maximum atomic E-state index is 12.9. The van der Waals surface area contributed by atoms with Gasteiger partial charge in [-0.25, -0.2) is 4.39 Å². The predicted molar refractivity (Wildman–Crippen MR) is 75.4 cm³/mol. The molecular weight excluding hydrogens is 241 g/mol. The van der Waals surface area contributed by atoms with Gasteiger partial charge in [0.25, 0.3) is 0 Å². The summed E-state index contributed by atoms with van der Waals surface area (Å²) >= 11 is 0. The number of nitrogens with one attached hydrogen (secondary N) is 1. The van der Waals surface area contributed by atoms with E-state index in [4.69, 9.17) is 0 Å². The first-order valence-electron chi connectivity index (χ1n) is 7.25. The smallest absolute Gasteiger partial charge is 0.123 e.